The first-order valence-electron chi connectivity index (χ1n) is 3.70. The lowest BCUT2D eigenvalue weighted by atomic mass is 10.1. The molecule has 1 fully saturated rings. The van der Waals surface area contributed by atoms with Crippen molar-refractivity contribution in [3.05, 3.63) is 0 Å². The van der Waals surface area contributed by atoms with Crippen molar-refractivity contribution in [3.8, 4) is 0 Å². The lowest BCUT2D eigenvalue weighted by Gasteiger charge is -2.06. The van der Waals surface area contributed by atoms with Crippen molar-refractivity contribution in [3.63, 3.8) is 0 Å². The summed E-state index contributed by atoms with van der Waals surface area (Å²) in [4.78, 5) is 0. The summed E-state index contributed by atoms with van der Waals surface area (Å²) in [6, 6.07) is 0.599. The van der Waals surface area contributed by atoms with E-state index in [2.05, 4.69) is 12.2 Å². The van der Waals surface area contributed by atoms with E-state index in [0.717, 1.165) is 25.8 Å². The average molecular weight is 129 g/mol. The van der Waals surface area contributed by atoms with Gasteiger partial charge in [-0.05, 0) is 32.7 Å². The van der Waals surface area contributed by atoms with E-state index in [1.807, 2.05) is 0 Å². The number of hydrogen-bond acceptors (Lipinski definition) is 2. The summed E-state index contributed by atoms with van der Waals surface area (Å²) in [5.41, 5.74) is 0. The molecule has 2 atom stereocenters. The third kappa shape index (κ3) is 2.33. The van der Waals surface area contributed by atoms with Crippen LogP contribution in [0.5, 0.6) is 0 Å². The molecular weight excluding hydrogens is 114 g/mol. The van der Waals surface area contributed by atoms with Crippen LogP contribution in [0.4, 0.5) is 0 Å². The summed E-state index contributed by atoms with van der Waals surface area (Å²) in [5, 5.41) is 12.5. The minimum absolute atomic E-state index is 0.0533. The lowest BCUT2D eigenvalue weighted by molar-refractivity contribution is 0.160. The van der Waals surface area contributed by atoms with Crippen molar-refractivity contribution in [1.82, 2.24) is 5.32 Å². The molecule has 2 N–H and O–H groups in total. The largest absolute Gasteiger partial charge is 0.393 e. The predicted molar refractivity (Wildman–Crippen MR) is 37.3 cm³/mol. The van der Waals surface area contributed by atoms with Gasteiger partial charge in [0.2, 0.25) is 0 Å². The zero-order chi connectivity index (χ0) is 6.69. The van der Waals surface area contributed by atoms with Gasteiger partial charge >= 0.3 is 0 Å². The molecule has 1 unspecified atom stereocenters. The van der Waals surface area contributed by atoms with Crippen LogP contribution in [0.2, 0.25) is 0 Å². The van der Waals surface area contributed by atoms with Gasteiger partial charge in [0.25, 0.3) is 0 Å². The minimum Gasteiger partial charge on any atom is -0.393 e. The van der Waals surface area contributed by atoms with E-state index in [1.54, 1.807) is 0 Å². The lowest BCUT2D eigenvalue weighted by Crippen LogP contribution is -2.24. The van der Waals surface area contributed by atoms with Crippen molar-refractivity contribution in [1.29, 1.82) is 0 Å². The number of aliphatic hydroxyl groups excluding tert-OH is 1. The van der Waals surface area contributed by atoms with Gasteiger partial charge in [-0.15, -0.1) is 0 Å². The van der Waals surface area contributed by atoms with Gasteiger partial charge in [0.15, 0.2) is 0 Å². The quantitative estimate of drug-likeness (QED) is 0.499. The predicted octanol–water partition coefficient (Wildman–Crippen LogP) is 0.509. The molecule has 0 spiro atoms. The maximum absolute atomic E-state index is 9.17. The summed E-state index contributed by atoms with van der Waals surface area (Å²) in [5.74, 6) is 0. The first-order chi connectivity index (χ1) is 4.29. The third-order valence-electron chi connectivity index (χ3n) is 1.90. The van der Waals surface area contributed by atoms with E-state index < -0.39 is 0 Å². The average Bonchev–Trinajstić information content (AvgIpc) is 1.97. The second-order valence-electron chi connectivity index (χ2n) is 2.88. The first-order valence-corrected chi connectivity index (χ1v) is 3.70. The van der Waals surface area contributed by atoms with Gasteiger partial charge in [-0.1, -0.05) is 0 Å². The molecule has 1 heterocycles. The summed E-state index contributed by atoms with van der Waals surface area (Å²) in [6.45, 7) is 3.14. The molecule has 1 saturated heterocycles. The molecule has 0 aliphatic carbocycles. The van der Waals surface area contributed by atoms with E-state index in [1.165, 1.54) is 0 Å². The normalized spacial score (nSPS) is 38.0. The van der Waals surface area contributed by atoms with E-state index in [9.17, 15) is 0 Å². The highest BCUT2D eigenvalue weighted by atomic mass is 16.3. The Hall–Kier alpha value is -0.0800. The molecule has 54 valence electrons. The summed E-state index contributed by atoms with van der Waals surface area (Å²) in [6.07, 6.45) is 2.95. The fourth-order valence-electron chi connectivity index (χ4n) is 1.19. The van der Waals surface area contributed by atoms with Crippen LogP contribution in [0.25, 0.3) is 0 Å². The number of nitrogens with one attached hydrogen (secondary N) is 1. The molecule has 2 nitrogen and oxygen atoms in total. The Labute approximate surface area is 56.3 Å². The first kappa shape index (κ1) is 7.03. The van der Waals surface area contributed by atoms with E-state index in [0.29, 0.717) is 6.04 Å². The maximum Gasteiger partial charge on any atom is 0.0553 e. The smallest absolute Gasteiger partial charge is 0.0553 e. The fourth-order valence-corrected chi connectivity index (χ4v) is 1.19. The second-order valence-corrected chi connectivity index (χ2v) is 2.88. The van der Waals surface area contributed by atoms with Crippen LogP contribution in [0.3, 0.4) is 0 Å². The van der Waals surface area contributed by atoms with Crippen LogP contribution in [-0.2, 0) is 0 Å². The van der Waals surface area contributed by atoms with Crippen molar-refractivity contribution < 1.29 is 5.11 Å². The molecule has 9 heavy (non-hydrogen) atoms. The molecule has 0 aromatic heterocycles. The zero-order valence-electron chi connectivity index (χ0n) is 5.93. The van der Waals surface area contributed by atoms with Gasteiger partial charge in [0.1, 0.15) is 0 Å². The number of aliphatic hydroxyl groups is 1. The zero-order valence-corrected chi connectivity index (χ0v) is 5.93. The van der Waals surface area contributed by atoms with Crippen LogP contribution in [-0.4, -0.2) is 23.8 Å². The highest BCUT2D eigenvalue weighted by molar-refractivity contribution is 4.70. The summed E-state index contributed by atoms with van der Waals surface area (Å²) >= 11 is 0. The molecule has 0 radical (unpaired) electrons. The third-order valence-corrected chi connectivity index (χ3v) is 1.90. The molecule has 0 bridgehead atoms. The molecule has 0 aromatic carbocycles. The maximum atomic E-state index is 9.17. The van der Waals surface area contributed by atoms with Gasteiger partial charge in [-0.3, -0.25) is 0 Å². The number of rotatable bonds is 0. The monoisotopic (exact) mass is 129 g/mol. The van der Waals surface area contributed by atoms with Gasteiger partial charge in [-0.25, -0.2) is 0 Å². The van der Waals surface area contributed by atoms with Crippen LogP contribution >= 0.6 is 0 Å². The van der Waals surface area contributed by atoms with Crippen molar-refractivity contribution in [2.45, 2.75) is 38.3 Å². The van der Waals surface area contributed by atoms with Crippen LogP contribution in [0, 0.1) is 0 Å². The van der Waals surface area contributed by atoms with E-state index in [-0.39, 0.29) is 6.10 Å². The molecule has 1 aliphatic heterocycles. The van der Waals surface area contributed by atoms with Crippen molar-refractivity contribution in [2.75, 3.05) is 6.54 Å². The van der Waals surface area contributed by atoms with Gasteiger partial charge in [-0.2, -0.15) is 0 Å². The molecule has 0 amide bonds. The van der Waals surface area contributed by atoms with Crippen molar-refractivity contribution in [2.24, 2.45) is 0 Å². The highest BCUT2D eigenvalue weighted by Gasteiger charge is 2.11. The van der Waals surface area contributed by atoms with Crippen LogP contribution in [0.1, 0.15) is 26.2 Å². The Balaban J connectivity index is 2.25. The Bertz CT molecular complexity index is 75.0. The van der Waals surface area contributed by atoms with Gasteiger partial charge in [0.05, 0.1) is 6.10 Å². The SMILES string of the molecule is C[C@@H]1CCC(O)CCN1. The Morgan fingerprint density at radius 1 is 1.33 bits per heavy atom. The summed E-state index contributed by atoms with van der Waals surface area (Å²) in [7, 11) is 0. The van der Waals surface area contributed by atoms with E-state index >= 15 is 0 Å². The Morgan fingerprint density at radius 3 is 2.89 bits per heavy atom. The van der Waals surface area contributed by atoms with Crippen LogP contribution in [0.15, 0.2) is 0 Å². The molecule has 1 rings (SSSR count). The van der Waals surface area contributed by atoms with Crippen molar-refractivity contribution >= 4 is 0 Å². The van der Waals surface area contributed by atoms with Gasteiger partial charge < -0.3 is 10.4 Å². The standard InChI is InChI=1S/C7H15NO/c1-6-2-3-7(9)4-5-8-6/h6-9H,2-5H2,1H3/t6-,7?/m1/s1. The number of hydrogen-bond donors (Lipinski definition) is 2. The fraction of sp³-hybridized carbons (Fsp3) is 1.00. The molecule has 1 aliphatic rings. The topological polar surface area (TPSA) is 32.3 Å². The highest BCUT2D eigenvalue weighted by Crippen LogP contribution is 2.07. The molecule has 0 saturated carbocycles. The molecule has 0 aromatic rings. The Morgan fingerprint density at radius 2 is 2.11 bits per heavy atom. The Kier molecular flexibility index (Phi) is 2.49. The molecule has 2 heteroatoms. The van der Waals surface area contributed by atoms with Gasteiger partial charge in [0, 0.05) is 6.04 Å². The van der Waals surface area contributed by atoms with Crippen LogP contribution < -0.4 is 5.32 Å². The van der Waals surface area contributed by atoms with E-state index in [4.69, 9.17) is 5.11 Å². The minimum atomic E-state index is -0.0533. The second kappa shape index (κ2) is 3.18. The molecular formula is C7H15NO. The summed E-state index contributed by atoms with van der Waals surface area (Å²) < 4.78 is 0.